The van der Waals surface area contributed by atoms with Crippen molar-refractivity contribution in [3.63, 3.8) is 0 Å². The van der Waals surface area contributed by atoms with Gasteiger partial charge in [-0.1, -0.05) is 30.1 Å². The summed E-state index contributed by atoms with van der Waals surface area (Å²) < 4.78 is 0. The average Bonchev–Trinajstić information content (AvgIpc) is 2.58. The highest BCUT2D eigenvalue weighted by atomic mass is 35.5. The van der Waals surface area contributed by atoms with Gasteiger partial charge in [0.05, 0.1) is 22.6 Å². The van der Waals surface area contributed by atoms with Crippen molar-refractivity contribution < 1.29 is 4.79 Å². The van der Waals surface area contributed by atoms with Gasteiger partial charge in [-0.2, -0.15) is 0 Å². The molecular weight excluding hydrogens is 345 g/mol. The lowest BCUT2D eigenvalue weighted by atomic mass is 9.99. The van der Waals surface area contributed by atoms with Gasteiger partial charge < -0.3 is 10.2 Å². The summed E-state index contributed by atoms with van der Waals surface area (Å²) in [6.07, 6.45) is 4.14. The highest BCUT2D eigenvalue weighted by molar-refractivity contribution is 6.36. The van der Waals surface area contributed by atoms with Crippen molar-refractivity contribution in [3.8, 4) is 0 Å². The Bertz CT molecular complexity index is 726. The number of hydrogen-bond donors (Lipinski definition) is 1. The number of nitrogens with zero attached hydrogens (tertiary/aromatic N) is 2. The quantitative estimate of drug-likeness (QED) is 0.845. The van der Waals surface area contributed by atoms with Crippen molar-refractivity contribution in [1.82, 2.24) is 4.98 Å². The molecule has 6 heteroatoms. The van der Waals surface area contributed by atoms with Gasteiger partial charge in [0.2, 0.25) is 0 Å². The molecule has 1 saturated heterocycles. The maximum atomic E-state index is 12.3. The number of carbonyl (C=O) groups is 1. The molecule has 1 aromatic heterocycles. The Kier molecular flexibility index (Phi) is 5.27. The van der Waals surface area contributed by atoms with Gasteiger partial charge in [0.1, 0.15) is 5.69 Å². The van der Waals surface area contributed by atoms with Gasteiger partial charge in [-0.25, -0.2) is 4.98 Å². The Morgan fingerprint density at radius 2 is 1.96 bits per heavy atom. The van der Waals surface area contributed by atoms with E-state index in [4.69, 9.17) is 23.2 Å². The number of benzene rings is 1. The number of pyridine rings is 1. The van der Waals surface area contributed by atoms with E-state index in [9.17, 15) is 4.79 Å². The fourth-order valence-electron chi connectivity index (χ4n) is 2.75. The minimum absolute atomic E-state index is 0.293. The molecule has 24 heavy (non-hydrogen) atoms. The molecule has 2 aromatic rings. The first-order chi connectivity index (χ1) is 11.5. The molecule has 0 unspecified atom stereocenters. The molecule has 1 aromatic carbocycles. The Morgan fingerprint density at radius 1 is 1.21 bits per heavy atom. The first-order valence-corrected chi connectivity index (χ1v) is 8.76. The fourth-order valence-corrected chi connectivity index (χ4v) is 3.21. The molecule has 1 aliphatic rings. The number of carbonyl (C=O) groups excluding carboxylic acids is 1. The van der Waals surface area contributed by atoms with Gasteiger partial charge in [-0.15, -0.1) is 0 Å². The number of halogens is 2. The molecule has 0 bridgehead atoms. The Hall–Kier alpha value is -1.78. The number of hydrogen-bond acceptors (Lipinski definition) is 3. The van der Waals surface area contributed by atoms with Crippen LogP contribution in [0.25, 0.3) is 0 Å². The Labute approximate surface area is 151 Å². The van der Waals surface area contributed by atoms with Crippen LogP contribution >= 0.6 is 23.2 Å². The van der Waals surface area contributed by atoms with E-state index in [2.05, 4.69) is 22.1 Å². The number of piperidine rings is 1. The van der Waals surface area contributed by atoms with E-state index < -0.39 is 0 Å². The molecule has 0 saturated carbocycles. The maximum Gasteiger partial charge on any atom is 0.274 e. The summed E-state index contributed by atoms with van der Waals surface area (Å²) in [4.78, 5) is 18.9. The second-order valence-electron chi connectivity index (χ2n) is 6.15. The highest BCUT2D eigenvalue weighted by Gasteiger charge is 2.17. The monoisotopic (exact) mass is 363 g/mol. The van der Waals surface area contributed by atoms with Gasteiger partial charge in [-0.05, 0) is 49.1 Å². The van der Waals surface area contributed by atoms with Crippen LogP contribution in [0.4, 0.5) is 11.4 Å². The van der Waals surface area contributed by atoms with Crippen molar-refractivity contribution in [1.29, 1.82) is 0 Å². The fraction of sp³-hybridized carbons (Fsp3) is 0.333. The van der Waals surface area contributed by atoms with E-state index in [1.165, 1.54) is 12.8 Å². The van der Waals surface area contributed by atoms with Crippen molar-refractivity contribution in [2.24, 2.45) is 5.92 Å². The number of nitrogens with one attached hydrogen (secondary N) is 1. The summed E-state index contributed by atoms with van der Waals surface area (Å²) >= 11 is 11.9. The van der Waals surface area contributed by atoms with Crippen LogP contribution in [-0.2, 0) is 0 Å². The zero-order valence-corrected chi connectivity index (χ0v) is 14.9. The predicted octanol–water partition coefficient (Wildman–Crippen LogP) is 4.88. The molecule has 1 N–H and O–H groups in total. The SMILES string of the molecule is CC1CCN(c2ccc(C(=O)Nc3ccc(Cl)cc3Cl)nc2)CC1. The van der Waals surface area contributed by atoms with E-state index >= 15 is 0 Å². The zero-order chi connectivity index (χ0) is 17.1. The van der Waals surface area contributed by atoms with Crippen LogP contribution in [0.5, 0.6) is 0 Å². The largest absolute Gasteiger partial charge is 0.370 e. The smallest absolute Gasteiger partial charge is 0.274 e. The van der Waals surface area contributed by atoms with Gasteiger partial charge in [0.15, 0.2) is 0 Å². The number of amides is 1. The molecule has 0 atom stereocenters. The maximum absolute atomic E-state index is 12.3. The van der Waals surface area contributed by atoms with Crippen molar-refractivity contribution in [2.45, 2.75) is 19.8 Å². The highest BCUT2D eigenvalue weighted by Crippen LogP contribution is 2.26. The number of anilines is 2. The van der Waals surface area contributed by atoms with Gasteiger partial charge in [0, 0.05) is 18.1 Å². The molecule has 1 aliphatic heterocycles. The summed E-state index contributed by atoms with van der Waals surface area (Å²) in [7, 11) is 0. The lowest BCUT2D eigenvalue weighted by molar-refractivity contribution is 0.102. The van der Waals surface area contributed by atoms with Gasteiger partial charge in [-0.3, -0.25) is 4.79 Å². The summed E-state index contributed by atoms with van der Waals surface area (Å²) in [6.45, 7) is 4.36. The molecule has 126 valence electrons. The molecule has 2 heterocycles. The van der Waals surface area contributed by atoms with Gasteiger partial charge >= 0.3 is 0 Å². The van der Waals surface area contributed by atoms with Crippen LogP contribution in [0, 0.1) is 5.92 Å². The summed E-state index contributed by atoms with van der Waals surface area (Å²) in [5, 5.41) is 3.68. The van der Waals surface area contributed by atoms with Crippen molar-refractivity contribution >= 4 is 40.5 Å². The molecule has 1 fully saturated rings. The minimum atomic E-state index is -0.293. The third-order valence-electron chi connectivity index (χ3n) is 4.31. The summed E-state index contributed by atoms with van der Waals surface area (Å²) in [5.41, 5.74) is 1.93. The first-order valence-electron chi connectivity index (χ1n) is 8.00. The normalized spacial score (nSPS) is 15.4. The van der Waals surface area contributed by atoms with Crippen LogP contribution in [0.1, 0.15) is 30.3 Å². The van der Waals surface area contributed by atoms with Crippen LogP contribution in [0.15, 0.2) is 36.5 Å². The van der Waals surface area contributed by atoms with E-state index in [-0.39, 0.29) is 5.91 Å². The van der Waals surface area contributed by atoms with Crippen molar-refractivity contribution in [3.05, 3.63) is 52.3 Å². The van der Waals surface area contributed by atoms with Crippen molar-refractivity contribution in [2.75, 3.05) is 23.3 Å². The minimum Gasteiger partial charge on any atom is -0.370 e. The molecule has 0 radical (unpaired) electrons. The van der Waals surface area contributed by atoms with E-state index in [1.54, 1.807) is 30.5 Å². The Morgan fingerprint density at radius 3 is 2.58 bits per heavy atom. The number of rotatable bonds is 3. The first kappa shape index (κ1) is 17.1. The van der Waals surface area contributed by atoms with Crippen LogP contribution < -0.4 is 10.2 Å². The van der Waals surface area contributed by atoms with Crippen LogP contribution in [-0.4, -0.2) is 24.0 Å². The van der Waals surface area contributed by atoms with Crippen LogP contribution in [0.2, 0.25) is 10.0 Å². The number of aromatic nitrogens is 1. The van der Waals surface area contributed by atoms with E-state index in [0.717, 1.165) is 24.7 Å². The second kappa shape index (κ2) is 7.41. The second-order valence-corrected chi connectivity index (χ2v) is 6.99. The predicted molar refractivity (Wildman–Crippen MR) is 99.3 cm³/mol. The molecule has 4 nitrogen and oxygen atoms in total. The molecule has 0 spiro atoms. The molecule has 0 aliphatic carbocycles. The zero-order valence-electron chi connectivity index (χ0n) is 13.4. The molecule has 1 amide bonds. The average molecular weight is 364 g/mol. The third-order valence-corrected chi connectivity index (χ3v) is 4.86. The Balaban J connectivity index is 1.67. The van der Waals surface area contributed by atoms with E-state index in [1.807, 2.05) is 6.07 Å². The summed E-state index contributed by atoms with van der Waals surface area (Å²) in [5.74, 6) is 0.487. The van der Waals surface area contributed by atoms with Gasteiger partial charge in [0.25, 0.3) is 5.91 Å². The lowest BCUT2D eigenvalue weighted by Gasteiger charge is -2.31. The van der Waals surface area contributed by atoms with E-state index in [0.29, 0.717) is 21.4 Å². The third kappa shape index (κ3) is 4.00. The topological polar surface area (TPSA) is 45.2 Å². The lowest BCUT2D eigenvalue weighted by Crippen LogP contribution is -2.32. The van der Waals surface area contributed by atoms with Crippen LogP contribution in [0.3, 0.4) is 0 Å². The summed E-state index contributed by atoms with van der Waals surface area (Å²) in [6, 6.07) is 8.63. The molecule has 3 rings (SSSR count). The standard InChI is InChI=1S/C18H19Cl2N3O/c1-12-6-8-23(9-7-12)14-3-5-17(21-11-14)18(24)22-16-4-2-13(19)10-15(16)20/h2-5,10-12H,6-9H2,1H3,(H,22,24). The molecular formula is C18H19Cl2N3O.